The van der Waals surface area contributed by atoms with Gasteiger partial charge in [-0.25, -0.2) is 9.78 Å². The molecule has 0 aliphatic heterocycles. The third-order valence-electron chi connectivity index (χ3n) is 3.85. The summed E-state index contributed by atoms with van der Waals surface area (Å²) in [6, 6.07) is 10.9. The van der Waals surface area contributed by atoms with Crippen molar-refractivity contribution in [3.63, 3.8) is 0 Å². The lowest BCUT2D eigenvalue weighted by atomic mass is 10.1. The lowest BCUT2D eigenvalue weighted by Gasteiger charge is -2.25. The van der Waals surface area contributed by atoms with Crippen LogP contribution in [0.1, 0.15) is 36.7 Å². The van der Waals surface area contributed by atoms with Gasteiger partial charge in [-0.3, -0.25) is 4.79 Å². The molecule has 0 unspecified atom stereocenters. The Labute approximate surface area is 166 Å². The van der Waals surface area contributed by atoms with Gasteiger partial charge in [0.1, 0.15) is 11.4 Å². The average Bonchev–Trinajstić information content (AvgIpc) is 2.61. The van der Waals surface area contributed by atoms with Crippen molar-refractivity contribution in [3.8, 4) is 0 Å². The van der Waals surface area contributed by atoms with Crippen LogP contribution < -0.4 is 10.2 Å². The second kappa shape index (κ2) is 8.73. The molecule has 1 aromatic carbocycles. The van der Waals surface area contributed by atoms with E-state index in [2.05, 4.69) is 10.3 Å². The number of ether oxygens (including phenoxy) is 1. The van der Waals surface area contributed by atoms with Crippen LogP contribution in [0.5, 0.6) is 0 Å². The molecular weight excluding hydrogens is 356 g/mol. The van der Waals surface area contributed by atoms with Gasteiger partial charge in [-0.1, -0.05) is 18.2 Å². The van der Waals surface area contributed by atoms with Crippen LogP contribution in [0.15, 0.2) is 42.6 Å². The zero-order valence-electron chi connectivity index (χ0n) is 17.3. The van der Waals surface area contributed by atoms with Crippen LogP contribution in [0.4, 0.5) is 16.3 Å². The number of para-hydroxylation sites is 1. The van der Waals surface area contributed by atoms with E-state index in [1.54, 1.807) is 31.4 Å². The highest BCUT2D eigenvalue weighted by molar-refractivity contribution is 6.04. The number of hydrogen-bond acceptors (Lipinski definition) is 5. The first-order valence-electron chi connectivity index (χ1n) is 9.03. The Kier molecular flexibility index (Phi) is 6.62. The second-order valence-electron chi connectivity index (χ2n) is 7.75. The van der Waals surface area contributed by atoms with E-state index in [-0.39, 0.29) is 5.91 Å². The van der Waals surface area contributed by atoms with Crippen LogP contribution >= 0.6 is 0 Å². The highest BCUT2D eigenvalue weighted by atomic mass is 16.6. The molecule has 0 radical (unpaired) electrons. The van der Waals surface area contributed by atoms with Crippen molar-refractivity contribution in [2.45, 2.75) is 32.9 Å². The van der Waals surface area contributed by atoms with Crippen LogP contribution in [0.2, 0.25) is 0 Å². The molecule has 1 heterocycles. The molecule has 0 saturated heterocycles. The summed E-state index contributed by atoms with van der Waals surface area (Å²) < 4.78 is 5.38. The molecule has 2 amide bonds. The first-order chi connectivity index (χ1) is 13.1. The number of carbonyl (C=O) groups is 2. The number of amides is 2. The first-order valence-corrected chi connectivity index (χ1v) is 9.03. The van der Waals surface area contributed by atoms with Gasteiger partial charge < -0.3 is 19.9 Å². The van der Waals surface area contributed by atoms with Crippen LogP contribution in [0, 0.1) is 0 Å². The fraction of sp³-hybridized carbons (Fsp3) is 0.381. The normalized spacial score (nSPS) is 10.9. The van der Waals surface area contributed by atoms with E-state index in [0.29, 0.717) is 17.8 Å². The van der Waals surface area contributed by atoms with Gasteiger partial charge in [0, 0.05) is 33.0 Å². The van der Waals surface area contributed by atoms with Crippen molar-refractivity contribution in [3.05, 3.63) is 53.7 Å². The molecule has 0 spiro atoms. The molecule has 2 rings (SSSR count). The number of pyridine rings is 1. The largest absolute Gasteiger partial charge is 0.444 e. The summed E-state index contributed by atoms with van der Waals surface area (Å²) in [5.74, 6) is 0.515. The maximum Gasteiger partial charge on any atom is 0.410 e. The molecule has 0 aliphatic rings. The summed E-state index contributed by atoms with van der Waals surface area (Å²) in [4.78, 5) is 32.4. The minimum atomic E-state index is -0.565. The van der Waals surface area contributed by atoms with Gasteiger partial charge >= 0.3 is 6.09 Å². The number of hydrogen-bond donors (Lipinski definition) is 1. The lowest BCUT2D eigenvalue weighted by Crippen LogP contribution is -2.34. The number of carbonyl (C=O) groups excluding carboxylic acids is 2. The Hall–Kier alpha value is -3.09. The Balaban J connectivity index is 2.11. The fourth-order valence-corrected chi connectivity index (χ4v) is 2.42. The molecule has 28 heavy (non-hydrogen) atoms. The number of nitrogens with one attached hydrogen (secondary N) is 1. The minimum absolute atomic E-state index is 0.259. The highest BCUT2D eigenvalue weighted by Gasteiger charge is 2.20. The molecule has 150 valence electrons. The van der Waals surface area contributed by atoms with Gasteiger partial charge in [0.25, 0.3) is 5.91 Å². The Morgan fingerprint density at radius 3 is 2.32 bits per heavy atom. The van der Waals surface area contributed by atoms with Crippen LogP contribution in [0.3, 0.4) is 0 Å². The maximum absolute atomic E-state index is 12.6. The van der Waals surface area contributed by atoms with E-state index in [9.17, 15) is 9.59 Å². The van der Waals surface area contributed by atoms with Gasteiger partial charge in [-0.05, 0) is 44.5 Å². The molecular formula is C21H28N4O3. The number of rotatable bonds is 5. The summed E-state index contributed by atoms with van der Waals surface area (Å²) >= 11 is 0. The van der Waals surface area contributed by atoms with Crippen molar-refractivity contribution in [1.29, 1.82) is 0 Å². The van der Waals surface area contributed by atoms with Gasteiger partial charge in [-0.2, -0.15) is 0 Å². The van der Waals surface area contributed by atoms with E-state index in [1.807, 2.05) is 58.0 Å². The Bertz CT molecular complexity index is 826. The smallest absolute Gasteiger partial charge is 0.410 e. The lowest BCUT2D eigenvalue weighted by molar-refractivity contribution is 0.0285. The molecule has 0 atom stereocenters. The molecule has 0 fully saturated rings. The SMILES string of the molecule is CN(Cc1ccccc1NC(=O)c1ccc(N(C)C)nc1)C(=O)OC(C)(C)C. The summed E-state index contributed by atoms with van der Waals surface area (Å²) in [7, 11) is 5.44. The van der Waals surface area contributed by atoms with Crippen LogP contribution in [-0.2, 0) is 11.3 Å². The fourth-order valence-electron chi connectivity index (χ4n) is 2.42. The number of anilines is 2. The van der Waals surface area contributed by atoms with E-state index >= 15 is 0 Å². The Morgan fingerprint density at radius 1 is 1.07 bits per heavy atom. The van der Waals surface area contributed by atoms with Crippen molar-refractivity contribution in [2.75, 3.05) is 31.4 Å². The molecule has 7 nitrogen and oxygen atoms in total. The second-order valence-corrected chi connectivity index (χ2v) is 7.75. The summed E-state index contributed by atoms with van der Waals surface area (Å²) in [6.45, 7) is 5.77. The molecule has 7 heteroatoms. The van der Waals surface area contributed by atoms with Gasteiger partial charge in [0.05, 0.1) is 12.1 Å². The zero-order chi connectivity index (χ0) is 20.9. The summed E-state index contributed by atoms with van der Waals surface area (Å²) in [5.41, 5.74) is 1.34. The molecule has 0 bridgehead atoms. The average molecular weight is 384 g/mol. The monoisotopic (exact) mass is 384 g/mol. The standard InChI is InChI=1S/C21H28N4O3/c1-21(2,3)28-20(27)25(6)14-16-9-7-8-10-17(16)23-19(26)15-11-12-18(22-13-15)24(4)5/h7-13H,14H2,1-6H3,(H,23,26). The molecule has 1 N–H and O–H groups in total. The molecule has 0 aliphatic carbocycles. The maximum atomic E-state index is 12.6. The van der Waals surface area contributed by atoms with Crippen molar-refractivity contribution in [1.82, 2.24) is 9.88 Å². The van der Waals surface area contributed by atoms with Crippen LogP contribution in [-0.4, -0.2) is 48.6 Å². The molecule has 0 saturated carbocycles. The van der Waals surface area contributed by atoms with E-state index < -0.39 is 11.7 Å². The topological polar surface area (TPSA) is 74.8 Å². The Morgan fingerprint density at radius 2 is 1.75 bits per heavy atom. The minimum Gasteiger partial charge on any atom is -0.444 e. The molecule has 2 aromatic rings. The van der Waals surface area contributed by atoms with E-state index in [0.717, 1.165) is 11.4 Å². The predicted octanol–water partition coefficient (Wildman–Crippen LogP) is 3.77. The number of benzene rings is 1. The first kappa shape index (κ1) is 21.2. The highest BCUT2D eigenvalue weighted by Crippen LogP contribution is 2.19. The van der Waals surface area contributed by atoms with E-state index in [1.165, 1.54) is 4.90 Å². The van der Waals surface area contributed by atoms with Crippen LogP contribution in [0.25, 0.3) is 0 Å². The number of aromatic nitrogens is 1. The summed E-state index contributed by atoms with van der Waals surface area (Å²) in [5, 5.41) is 2.90. The number of nitrogens with zero attached hydrogens (tertiary/aromatic N) is 3. The van der Waals surface area contributed by atoms with Crippen molar-refractivity contribution in [2.24, 2.45) is 0 Å². The predicted molar refractivity (Wildman–Crippen MR) is 111 cm³/mol. The third kappa shape index (κ3) is 5.97. The van der Waals surface area contributed by atoms with Gasteiger partial charge in [-0.15, -0.1) is 0 Å². The third-order valence-corrected chi connectivity index (χ3v) is 3.85. The molecule has 1 aromatic heterocycles. The summed E-state index contributed by atoms with van der Waals surface area (Å²) in [6.07, 6.45) is 1.12. The van der Waals surface area contributed by atoms with Gasteiger partial charge in [0.2, 0.25) is 0 Å². The van der Waals surface area contributed by atoms with Crippen molar-refractivity contribution >= 4 is 23.5 Å². The van der Waals surface area contributed by atoms with Crippen molar-refractivity contribution < 1.29 is 14.3 Å². The van der Waals surface area contributed by atoms with Gasteiger partial charge in [0.15, 0.2) is 0 Å². The zero-order valence-corrected chi connectivity index (χ0v) is 17.3. The quantitative estimate of drug-likeness (QED) is 0.849. The van der Waals surface area contributed by atoms with E-state index in [4.69, 9.17) is 4.74 Å².